The molecule has 10 heteroatoms. The van der Waals surface area contributed by atoms with E-state index in [1.54, 1.807) is 4.52 Å². The predicted octanol–water partition coefficient (Wildman–Crippen LogP) is 2.22. The first-order chi connectivity index (χ1) is 14.2. The van der Waals surface area contributed by atoms with Gasteiger partial charge in [-0.15, -0.1) is 0 Å². The van der Waals surface area contributed by atoms with Crippen LogP contribution in [0.1, 0.15) is 37.8 Å². The summed E-state index contributed by atoms with van der Waals surface area (Å²) in [7, 11) is 0. The number of aromatic amines is 1. The third-order valence-corrected chi connectivity index (χ3v) is 5.93. The number of hydrogen-bond acceptors (Lipinski definition) is 8. The smallest absolute Gasteiger partial charge is 0.198 e. The summed E-state index contributed by atoms with van der Waals surface area (Å²) in [6.45, 7) is 2.84. The topological polar surface area (TPSA) is 123 Å². The molecule has 0 spiro atoms. The molecule has 2 aliphatic heterocycles. The van der Waals surface area contributed by atoms with Crippen molar-refractivity contribution in [2.75, 3.05) is 17.2 Å². The van der Waals surface area contributed by atoms with E-state index in [9.17, 15) is 0 Å². The van der Waals surface area contributed by atoms with Crippen molar-refractivity contribution in [3.8, 4) is 6.07 Å². The van der Waals surface area contributed by atoms with Crippen molar-refractivity contribution in [1.29, 1.82) is 5.26 Å². The Morgan fingerprint density at radius 1 is 1.28 bits per heavy atom. The SMILES string of the molecule is Cc1cc(Nc2nc(NC3CC4CC[C@@H](C3)N4CCC#N)cn3ncnc23)n[nH]1. The lowest BCUT2D eigenvalue weighted by molar-refractivity contribution is 0.135. The van der Waals surface area contributed by atoms with Gasteiger partial charge in [0, 0.05) is 42.9 Å². The maximum absolute atomic E-state index is 8.92. The number of nitriles is 1. The summed E-state index contributed by atoms with van der Waals surface area (Å²) in [5, 5.41) is 27.2. The van der Waals surface area contributed by atoms with E-state index in [1.807, 2.05) is 19.2 Å². The van der Waals surface area contributed by atoms with Gasteiger partial charge in [-0.25, -0.2) is 14.5 Å². The summed E-state index contributed by atoms with van der Waals surface area (Å²) in [5.74, 6) is 2.09. The highest BCUT2D eigenvalue weighted by molar-refractivity contribution is 5.69. The van der Waals surface area contributed by atoms with Gasteiger partial charge in [0.05, 0.1) is 12.3 Å². The molecule has 150 valence electrons. The van der Waals surface area contributed by atoms with Crippen LogP contribution in [0.25, 0.3) is 5.65 Å². The van der Waals surface area contributed by atoms with E-state index in [0.717, 1.165) is 30.9 Å². The minimum absolute atomic E-state index is 0.361. The Kier molecular flexibility index (Phi) is 4.52. The zero-order valence-corrected chi connectivity index (χ0v) is 16.3. The van der Waals surface area contributed by atoms with Gasteiger partial charge in [-0.05, 0) is 32.6 Å². The molecule has 0 radical (unpaired) electrons. The van der Waals surface area contributed by atoms with Gasteiger partial charge in [0.15, 0.2) is 17.3 Å². The van der Waals surface area contributed by atoms with Crippen LogP contribution in [-0.4, -0.2) is 59.3 Å². The monoisotopic (exact) mass is 392 g/mol. The number of hydrogen-bond donors (Lipinski definition) is 3. The lowest BCUT2D eigenvalue weighted by Gasteiger charge is -2.39. The van der Waals surface area contributed by atoms with Crippen LogP contribution in [0.2, 0.25) is 0 Å². The molecule has 2 bridgehead atoms. The molecule has 2 saturated heterocycles. The molecule has 0 saturated carbocycles. The molecule has 10 nitrogen and oxygen atoms in total. The fraction of sp³-hybridized carbons (Fsp3) is 0.526. The minimum atomic E-state index is 0.361. The number of aryl methyl sites for hydroxylation is 1. The first kappa shape index (κ1) is 17.9. The molecule has 0 aliphatic carbocycles. The van der Waals surface area contributed by atoms with Gasteiger partial charge in [-0.3, -0.25) is 10.00 Å². The van der Waals surface area contributed by atoms with Gasteiger partial charge < -0.3 is 10.6 Å². The Labute approximate surface area is 168 Å². The second-order valence-corrected chi connectivity index (χ2v) is 7.91. The van der Waals surface area contributed by atoms with Gasteiger partial charge in [0.1, 0.15) is 12.1 Å². The van der Waals surface area contributed by atoms with E-state index in [0.29, 0.717) is 41.8 Å². The van der Waals surface area contributed by atoms with Crippen LogP contribution >= 0.6 is 0 Å². The lowest BCUT2D eigenvalue weighted by Crippen LogP contribution is -2.47. The molecule has 0 aromatic carbocycles. The third kappa shape index (κ3) is 3.49. The Balaban J connectivity index is 1.34. The van der Waals surface area contributed by atoms with E-state index in [-0.39, 0.29) is 0 Å². The number of rotatable bonds is 6. The highest BCUT2D eigenvalue weighted by Crippen LogP contribution is 2.36. The first-order valence-electron chi connectivity index (χ1n) is 10.1. The molecule has 2 unspecified atom stereocenters. The number of nitrogens with zero attached hydrogens (tertiary/aromatic N) is 7. The van der Waals surface area contributed by atoms with Crippen molar-refractivity contribution in [2.24, 2.45) is 0 Å². The quantitative estimate of drug-likeness (QED) is 0.583. The molecule has 0 amide bonds. The fourth-order valence-electron chi connectivity index (χ4n) is 4.73. The number of fused-ring (bicyclic) bond motifs is 3. The average Bonchev–Trinajstić information content (AvgIpc) is 3.39. The summed E-state index contributed by atoms with van der Waals surface area (Å²) >= 11 is 0. The largest absolute Gasteiger partial charge is 0.366 e. The Morgan fingerprint density at radius 3 is 2.83 bits per heavy atom. The molecule has 2 fully saturated rings. The fourth-order valence-corrected chi connectivity index (χ4v) is 4.73. The molecular formula is C19H24N10. The van der Waals surface area contributed by atoms with Crippen molar-refractivity contribution in [3.05, 3.63) is 24.3 Å². The molecule has 5 heterocycles. The van der Waals surface area contributed by atoms with Crippen LogP contribution in [0.5, 0.6) is 0 Å². The maximum atomic E-state index is 8.92. The number of aromatic nitrogens is 6. The summed E-state index contributed by atoms with van der Waals surface area (Å²) in [6.07, 6.45) is 8.59. The van der Waals surface area contributed by atoms with Crippen LogP contribution in [0.3, 0.4) is 0 Å². The predicted molar refractivity (Wildman–Crippen MR) is 108 cm³/mol. The Morgan fingerprint density at radius 2 is 2.10 bits per heavy atom. The van der Waals surface area contributed by atoms with Crippen LogP contribution in [0.15, 0.2) is 18.6 Å². The van der Waals surface area contributed by atoms with Crippen LogP contribution in [-0.2, 0) is 0 Å². The molecule has 3 atom stereocenters. The highest BCUT2D eigenvalue weighted by atomic mass is 15.3. The van der Waals surface area contributed by atoms with Gasteiger partial charge in [0.25, 0.3) is 0 Å². The van der Waals surface area contributed by atoms with Crippen molar-refractivity contribution in [3.63, 3.8) is 0 Å². The number of anilines is 3. The highest BCUT2D eigenvalue weighted by Gasteiger charge is 2.40. The Hall–Kier alpha value is -3.19. The standard InChI is InChI=1S/C19H24N10/c1-12-7-16(27-26-12)24-18-19-21-11-22-29(19)10-17(25-18)23-13-8-14-3-4-15(9-13)28(14)6-2-5-20/h7,10-11,13-15,23H,2-4,6,8-9H2,1H3,(H2,24,25,26,27)/t13?,14-,15?/m0/s1. The van der Waals surface area contributed by atoms with Gasteiger partial charge in [-0.2, -0.15) is 15.5 Å². The van der Waals surface area contributed by atoms with Crippen molar-refractivity contribution >= 4 is 23.1 Å². The van der Waals surface area contributed by atoms with Crippen molar-refractivity contribution in [2.45, 2.75) is 57.2 Å². The third-order valence-electron chi connectivity index (χ3n) is 5.93. The molecule has 2 aliphatic rings. The molecule has 3 aromatic rings. The van der Waals surface area contributed by atoms with Crippen molar-refractivity contribution < 1.29 is 0 Å². The lowest BCUT2D eigenvalue weighted by atomic mass is 9.97. The average molecular weight is 392 g/mol. The summed E-state index contributed by atoms with van der Waals surface area (Å²) in [5.41, 5.74) is 1.63. The molecule has 29 heavy (non-hydrogen) atoms. The summed E-state index contributed by atoms with van der Waals surface area (Å²) in [4.78, 5) is 11.6. The molecule has 5 rings (SSSR count). The van der Waals surface area contributed by atoms with Gasteiger partial charge >= 0.3 is 0 Å². The molecule has 3 aromatic heterocycles. The first-order valence-corrected chi connectivity index (χ1v) is 10.1. The van der Waals surface area contributed by atoms with E-state index in [2.05, 4.69) is 41.9 Å². The minimum Gasteiger partial charge on any atom is -0.366 e. The zero-order valence-electron chi connectivity index (χ0n) is 16.3. The normalized spacial score (nSPS) is 23.9. The van der Waals surface area contributed by atoms with Crippen LogP contribution in [0, 0.1) is 18.3 Å². The molecule has 3 N–H and O–H groups in total. The zero-order chi connectivity index (χ0) is 19.8. The number of H-pyrrole nitrogens is 1. The van der Waals surface area contributed by atoms with Crippen molar-refractivity contribution in [1.82, 2.24) is 34.7 Å². The van der Waals surface area contributed by atoms with E-state index in [1.165, 1.54) is 19.2 Å². The second kappa shape index (κ2) is 7.33. The van der Waals surface area contributed by atoms with E-state index < -0.39 is 0 Å². The second-order valence-electron chi connectivity index (χ2n) is 7.91. The van der Waals surface area contributed by atoms with Gasteiger partial charge in [0.2, 0.25) is 0 Å². The maximum Gasteiger partial charge on any atom is 0.198 e. The number of piperidine rings is 1. The number of nitrogens with one attached hydrogen (secondary N) is 3. The Bertz CT molecular complexity index is 1030. The van der Waals surface area contributed by atoms with Crippen LogP contribution in [0.4, 0.5) is 17.5 Å². The van der Waals surface area contributed by atoms with Gasteiger partial charge in [-0.1, -0.05) is 0 Å². The summed E-state index contributed by atoms with van der Waals surface area (Å²) < 4.78 is 1.73. The van der Waals surface area contributed by atoms with E-state index in [4.69, 9.17) is 10.2 Å². The van der Waals surface area contributed by atoms with E-state index >= 15 is 0 Å². The summed E-state index contributed by atoms with van der Waals surface area (Å²) in [6, 6.07) is 5.67. The van der Waals surface area contributed by atoms with Crippen LogP contribution < -0.4 is 10.6 Å². The molecular weight excluding hydrogens is 368 g/mol.